The summed E-state index contributed by atoms with van der Waals surface area (Å²) in [6, 6.07) is 2.29. The molecule has 5 heteroatoms. The zero-order chi connectivity index (χ0) is 11.5. The summed E-state index contributed by atoms with van der Waals surface area (Å²) in [4.78, 5) is 10.8. The molecule has 2 heterocycles. The van der Waals surface area contributed by atoms with Gasteiger partial charge in [-0.05, 0) is 38.9 Å². The van der Waals surface area contributed by atoms with Gasteiger partial charge in [0.2, 0.25) is 5.95 Å². The summed E-state index contributed by atoms with van der Waals surface area (Å²) in [5.41, 5.74) is 0.913. The van der Waals surface area contributed by atoms with E-state index in [0.29, 0.717) is 11.2 Å². The lowest BCUT2D eigenvalue weighted by Crippen LogP contribution is -2.41. The molecule has 1 N–H and O–H groups in total. The lowest BCUT2D eigenvalue weighted by atomic mass is 10.1. The number of halogens is 1. The molecule has 1 aromatic heterocycles. The molecule has 0 atom stereocenters. The lowest BCUT2D eigenvalue weighted by molar-refractivity contribution is 0.439. The van der Waals surface area contributed by atoms with Gasteiger partial charge < -0.3 is 10.2 Å². The number of rotatable bonds is 2. The van der Waals surface area contributed by atoms with Crippen molar-refractivity contribution in [3.8, 4) is 0 Å². The maximum Gasteiger partial charge on any atom is 0.226 e. The molecule has 1 fully saturated rings. The molecule has 1 aromatic rings. The van der Waals surface area contributed by atoms with Crippen LogP contribution in [0.1, 0.15) is 18.5 Å². The first-order valence-electron chi connectivity index (χ1n) is 5.61. The van der Waals surface area contributed by atoms with E-state index in [0.717, 1.165) is 37.6 Å². The van der Waals surface area contributed by atoms with Gasteiger partial charge in [-0.15, -0.1) is 0 Å². The van der Waals surface area contributed by atoms with Gasteiger partial charge in [0.05, 0.1) is 0 Å². The Labute approximate surface area is 101 Å². The number of nitrogens with zero attached hydrogens (tertiary/aromatic N) is 3. The Morgan fingerprint density at radius 2 is 2.06 bits per heavy atom. The number of aryl methyl sites for hydroxylation is 1. The highest BCUT2D eigenvalue weighted by molar-refractivity contribution is 6.29. The smallest absolute Gasteiger partial charge is 0.226 e. The molecule has 0 amide bonds. The van der Waals surface area contributed by atoms with Crippen LogP contribution < -0.4 is 10.2 Å². The van der Waals surface area contributed by atoms with Crippen LogP contribution in [0.4, 0.5) is 5.95 Å². The van der Waals surface area contributed by atoms with E-state index in [2.05, 4.69) is 20.2 Å². The highest BCUT2D eigenvalue weighted by Crippen LogP contribution is 2.18. The average Bonchev–Trinajstić information content (AvgIpc) is 2.28. The molecule has 0 radical (unpaired) electrons. The zero-order valence-electron chi connectivity index (χ0n) is 9.70. The van der Waals surface area contributed by atoms with E-state index >= 15 is 0 Å². The number of nitrogens with one attached hydrogen (secondary N) is 1. The van der Waals surface area contributed by atoms with E-state index in [1.165, 1.54) is 0 Å². The first-order valence-corrected chi connectivity index (χ1v) is 5.99. The van der Waals surface area contributed by atoms with Crippen molar-refractivity contribution in [2.75, 3.05) is 25.0 Å². The third-order valence-corrected chi connectivity index (χ3v) is 3.18. The molecule has 16 heavy (non-hydrogen) atoms. The number of piperidine rings is 1. The van der Waals surface area contributed by atoms with Crippen LogP contribution in [0, 0.1) is 6.92 Å². The Morgan fingerprint density at radius 3 is 2.69 bits per heavy atom. The maximum atomic E-state index is 5.94. The van der Waals surface area contributed by atoms with Gasteiger partial charge in [0.15, 0.2) is 0 Å². The van der Waals surface area contributed by atoms with Gasteiger partial charge in [0.25, 0.3) is 0 Å². The van der Waals surface area contributed by atoms with Crippen LogP contribution in [0.25, 0.3) is 0 Å². The zero-order valence-corrected chi connectivity index (χ0v) is 10.5. The molecule has 4 nitrogen and oxygen atoms in total. The summed E-state index contributed by atoms with van der Waals surface area (Å²) < 4.78 is 0. The predicted octanol–water partition coefficient (Wildman–Crippen LogP) is 1.63. The largest absolute Gasteiger partial charge is 0.341 e. The van der Waals surface area contributed by atoms with Crippen molar-refractivity contribution in [1.82, 2.24) is 15.3 Å². The van der Waals surface area contributed by atoms with Gasteiger partial charge in [-0.3, -0.25) is 0 Å². The molecule has 0 aromatic carbocycles. The summed E-state index contributed by atoms with van der Waals surface area (Å²) in [7, 11) is 2.04. The Hall–Kier alpha value is -0.870. The molecular formula is C11H17ClN4. The van der Waals surface area contributed by atoms with Crippen molar-refractivity contribution in [3.05, 3.63) is 16.9 Å². The van der Waals surface area contributed by atoms with E-state index in [1.807, 2.05) is 14.0 Å². The summed E-state index contributed by atoms with van der Waals surface area (Å²) in [5.74, 6) is 0.733. The second-order valence-electron chi connectivity index (χ2n) is 4.22. The van der Waals surface area contributed by atoms with E-state index in [4.69, 9.17) is 11.6 Å². The van der Waals surface area contributed by atoms with E-state index in [-0.39, 0.29) is 0 Å². The van der Waals surface area contributed by atoms with E-state index in [9.17, 15) is 0 Å². The van der Waals surface area contributed by atoms with Crippen LogP contribution in [0.3, 0.4) is 0 Å². The fraction of sp³-hybridized carbons (Fsp3) is 0.636. The van der Waals surface area contributed by atoms with Crippen molar-refractivity contribution in [2.45, 2.75) is 25.8 Å². The second kappa shape index (κ2) is 4.97. The monoisotopic (exact) mass is 240 g/mol. The first-order chi connectivity index (χ1) is 7.66. The molecule has 0 saturated carbocycles. The summed E-state index contributed by atoms with van der Waals surface area (Å²) in [5, 5.41) is 3.87. The normalized spacial score (nSPS) is 17.4. The Kier molecular flexibility index (Phi) is 3.61. The Balaban J connectivity index is 2.15. The molecule has 1 aliphatic heterocycles. The van der Waals surface area contributed by atoms with E-state index in [1.54, 1.807) is 6.07 Å². The van der Waals surface area contributed by atoms with Gasteiger partial charge in [-0.1, -0.05) is 11.6 Å². The minimum Gasteiger partial charge on any atom is -0.341 e. The standard InChI is InChI=1S/C11H17ClN4/c1-8-7-10(12)15-11(14-8)16(2)9-3-5-13-6-4-9/h7,9,13H,3-6H2,1-2H3. The molecule has 0 unspecified atom stereocenters. The van der Waals surface area contributed by atoms with Gasteiger partial charge in [-0.25, -0.2) is 9.97 Å². The fourth-order valence-electron chi connectivity index (χ4n) is 2.03. The highest BCUT2D eigenvalue weighted by Gasteiger charge is 2.20. The predicted molar refractivity (Wildman–Crippen MR) is 66.1 cm³/mol. The summed E-state index contributed by atoms with van der Waals surface area (Å²) in [6.45, 7) is 4.07. The van der Waals surface area contributed by atoms with E-state index < -0.39 is 0 Å². The van der Waals surface area contributed by atoms with Crippen molar-refractivity contribution in [1.29, 1.82) is 0 Å². The molecule has 1 aliphatic rings. The minimum atomic E-state index is 0.513. The number of hydrogen-bond donors (Lipinski definition) is 1. The topological polar surface area (TPSA) is 41.1 Å². The molecule has 0 spiro atoms. The van der Waals surface area contributed by atoms with Crippen LogP contribution >= 0.6 is 11.6 Å². The molecule has 0 bridgehead atoms. The van der Waals surface area contributed by atoms with Crippen LogP contribution in [-0.2, 0) is 0 Å². The lowest BCUT2D eigenvalue weighted by Gasteiger charge is -2.31. The van der Waals surface area contributed by atoms with Gasteiger partial charge >= 0.3 is 0 Å². The average molecular weight is 241 g/mol. The molecule has 2 rings (SSSR count). The first kappa shape index (κ1) is 11.6. The fourth-order valence-corrected chi connectivity index (χ4v) is 2.26. The third-order valence-electron chi connectivity index (χ3n) is 2.98. The SMILES string of the molecule is Cc1cc(Cl)nc(N(C)C2CCNCC2)n1. The van der Waals surface area contributed by atoms with Crippen molar-refractivity contribution in [3.63, 3.8) is 0 Å². The quantitative estimate of drug-likeness (QED) is 0.798. The van der Waals surface area contributed by atoms with Gasteiger partial charge in [0.1, 0.15) is 5.15 Å². The number of hydrogen-bond acceptors (Lipinski definition) is 4. The molecule has 1 saturated heterocycles. The van der Waals surface area contributed by atoms with Crippen LogP contribution in [0.5, 0.6) is 0 Å². The van der Waals surface area contributed by atoms with Gasteiger partial charge in [0, 0.05) is 18.8 Å². The molecular weight excluding hydrogens is 224 g/mol. The number of anilines is 1. The van der Waals surface area contributed by atoms with Crippen molar-refractivity contribution in [2.24, 2.45) is 0 Å². The van der Waals surface area contributed by atoms with Crippen LogP contribution in [0.15, 0.2) is 6.07 Å². The van der Waals surface area contributed by atoms with Crippen LogP contribution in [0.2, 0.25) is 5.15 Å². The highest BCUT2D eigenvalue weighted by atomic mass is 35.5. The summed E-state index contributed by atoms with van der Waals surface area (Å²) >= 11 is 5.94. The molecule has 88 valence electrons. The Bertz CT molecular complexity index is 343. The minimum absolute atomic E-state index is 0.513. The summed E-state index contributed by atoms with van der Waals surface area (Å²) in [6.07, 6.45) is 2.26. The van der Waals surface area contributed by atoms with Crippen LogP contribution in [-0.4, -0.2) is 36.1 Å². The maximum absolute atomic E-state index is 5.94. The second-order valence-corrected chi connectivity index (χ2v) is 4.61. The Morgan fingerprint density at radius 1 is 1.38 bits per heavy atom. The molecule has 0 aliphatic carbocycles. The number of aromatic nitrogens is 2. The van der Waals surface area contributed by atoms with Gasteiger partial charge in [-0.2, -0.15) is 0 Å². The van der Waals surface area contributed by atoms with Crippen molar-refractivity contribution < 1.29 is 0 Å². The van der Waals surface area contributed by atoms with Crippen molar-refractivity contribution >= 4 is 17.5 Å². The third kappa shape index (κ3) is 2.62.